The number of rotatable bonds is 4. The Morgan fingerprint density at radius 3 is 2.67 bits per heavy atom. The van der Waals surface area contributed by atoms with E-state index in [1.165, 1.54) is 25.5 Å². The number of nitrogens with one attached hydrogen (secondary N) is 1. The van der Waals surface area contributed by atoms with Gasteiger partial charge >= 0.3 is 0 Å². The second kappa shape index (κ2) is 6.25. The first-order chi connectivity index (χ1) is 11.7. The molecule has 9 nitrogen and oxygen atoms in total. The first kappa shape index (κ1) is 15.7. The fourth-order valence-electron chi connectivity index (χ4n) is 3.52. The molecule has 24 heavy (non-hydrogen) atoms. The summed E-state index contributed by atoms with van der Waals surface area (Å²) in [4.78, 5) is 12.9. The molecule has 0 aromatic carbocycles. The van der Waals surface area contributed by atoms with E-state index < -0.39 is 24.5 Å². The Morgan fingerprint density at radius 1 is 1.17 bits per heavy atom. The molecule has 9 heteroatoms. The van der Waals surface area contributed by atoms with Crippen molar-refractivity contribution in [3.8, 4) is 0 Å². The number of aromatic nitrogens is 4. The van der Waals surface area contributed by atoms with Crippen LogP contribution in [0.5, 0.6) is 0 Å². The molecule has 2 fully saturated rings. The molecule has 1 saturated heterocycles. The van der Waals surface area contributed by atoms with Crippen LogP contribution in [0.25, 0.3) is 11.2 Å². The van der Waals surface area contributed by atoms with Crippen LogP contribution in [0.3, 0.4) is 0 Å². The van der Waals surface area contributed by atoms with Crippen molar-refractivity contribution in [2.45, 2.75) is 56.3 Å². The lowest BCUT2D eigenvalue weighted by atomic mass is 10.1. The van der Waals surface area contributed by atoms with Gasteiger partial charge in [0.15, 0.2) is 23.2 Å². The van der Waals surface area contributed by atoms with Gasteiger partial charge < -0.3 is 25.4 Å². The Balaban J connectivity index is 1.65. The van der Waals surface area contributed by atoms with Gasteiger partial charge in [-0.1, -0.05) is 12.8 Å². The highest BCUT2D eigenvalue weighted by molar-refractivity contribution is 5.82. The molecule has 3 heterocycles. The molecule has 4 atom stereocenters. The lowest BCUT2D eigenvalue weighted by molar-refractivity contribution is -0.0511. The zero-order valence-corrected chi connectivity index (χ0v) is 13.1. The first-order valence-electron chi connectivity index (χ1n) is 8.25. The van der Waals surface area contributed by atoms with E-state index in [0.717, 1.165) is 12.8 Å². The van der Waals surface area contributed by atoms with Crippen LogP contribution in [0, 0.1) is 0 Å². The lowest BCUT2D eigenvalue weighted by Crippen LogP contribution is -2.33. The quantitative estimate of drug-likeness (QED) is 0.605. The van der Waals surface area contributed by atoms with Gasteiger partial charge in [0.05, 0.1) is 12.9 Å². The van der Waals surface area contributed by atoms with E-state index in [2.05, 4.69) is 20.3 Å². The Kier molecular flexibility index (Phi) is 4.09. The van der Waals surface area contributed by atoms with E-state index >= 15 is 0 Å². The summed E-state index contributed by atoms with van der Waals surface area (Å²) in [5, 5.41) is 32.8. The van der Waals surface area contributed by atoms with Gasteiger partial charge in [-0.2, -0.15) is 0 Å². The Bertz CT molecular complexity index is 717. The molecule has 4 rings (SSSR count). The highest BCUT2D eigenvalue weighted by Gasteiger charge is 2.44. The summed E-state index contributed by atoms with van der Waals surface area (Å²) in [6.45, 7) is -0.370. The number of hydrogen-bond donors (Lipinski definition) is 4. The van der Waals surface area contributed by atoms with E-state index in [9.17, 15) is 15.3 Å². The number of aliphatic hydroxyl groups is 3. The summed E-state index contributed by atoms with van der Waals surface area (Å²) >= 11 is 0. The van der Waals surface area contributed by atoms with Crippen LogP contribution in [0.15, 0.2) is 12.7 Å². The zero-order valence-electron chi connectivity index (χ0n) is 13.1. The molecule has 130 valence electrons. The van der Waals surface area contributed by atoms with Crippen molar-refractivity contribution < 1.29 is 20.1 Å². The lowest BCUT2D eigenvalue weighted by Gasteiger charge is -2.17. The minimum atomic E-state index is -1.17. The molecule has 0 amide bonds. The maximum Gasteiger partial charge on any atom is 0.167 e. The molecule has 2 aliphatic rings. The zero-order chi connectivity index (χ0) is 16.7. The van der Waals surface area contributed by atoms with Crippen LogP contribution in [0.4, 0.5) is 5.82 Å². The van der Waals surface area contributed by atoms with Crippen molar-refractivity contribution >= 4 is 17.0 Å². The van der Waals surface area contributed by atoms with E-state index in [4.69, 9.17) is 4.74 Å². The number of imidazole rings is 1. The Morgan fingerprint density at radius 2 is 1.96 bits per heavy atom. The minimum absolute atomic E-state index is 0.370. The third-order valence-corrected chi connectivity index (χ3v) is 4.85. The van der Waals surface area contributed by atoms with Crippen molar-refractivity contribution in [2.75, 3.05) is 11.9 Å². The van der Waals surface area contributed by atoms with Crippen LogP contribution in [-0.4, -0.2) is 65.8 Å². The largest absolute Gasteiger partial charge is 0.394 e. The van der Waals surface area contributed by atoms with Gasteiger partial charge in [-0.25, -0.2) is 15.0 Å². The predicted octanol–water partition coefficient (Wildman–Crippen LogP) is -0.208. The first-order valence-corrected chi connectivity index (χ1v) is 8.25. The van der Waals surface area contributed by atoms with Crippen LogP contribution in [0.2, 0.25) is 0 Å². The molecule has 1 unspecified atom stereocenters. The van der Waals surface area contributed by atoms with Crippen LogP contribution in [-0.2, 0) is 4.74 Å². The van der Waals surface area contributed by atoms with Gasteiger partial charge in [-0.15, -0.1) is 0 Å². The Hall–Kier alpha value is -1.81. The van der Waals surface area contributed by atoms with Crippen LogP contribution in [0.1, 0.15) is 31.9 Å². The maximum absolute atomic E-state index is 10.2. The highest BCUT2D eigenvalue weighted by Crippen LogP contribution is 2.32. The van der Waals surface area contributed by atoms with Gasteiger partial charge in [0.2, 0.25) is 0 Å². The van der Waals surface area contributed by atoms with E-state index in [-0.39, 0.29) is 6.61 Å². The molecule has 0 spiro atoms. The third-order valence-electron chi connectivity index (χ3n) is 4.85. The molecule has 0 bridgehead atoms. The summed E-state index contributed by atoms with van der Waals surface area (Å²) in [6, 6.07) is 0.391. The highest BCUT2D eigenvalue weighted by atomic mass is 16.6. The van der Waals surface area contributed by atoms with Crippen molar-refractivity contribution in [3.05, 3.63) is 12.7 Å². The molecule has 4 N–H and O–H groups in total. The van der Waals surface area contributed by atoms with Gasteiger partial charge in [-0.05, 0) is 12.8 Å². The van der Waals surface area contributed by atoms with E-state index in [1.54, 1.807) is 4.57 Å². The number of aliphatic hydroxyl groups excluding tert-OH is 3. The molecule has 2 aromatic rings. The van der Waals surface area contributed by atoms with Gasteiger partial charge in [0.25, 0.3) is 0 Å². The molecule has 0 radical (unpaired) electrons. The summed E-state index contributed by atoms with van der Waals surface area (Å²) in [5.74, 6) is 0.664. The molecule has 2 aromatic heterocycles. The Labute approximate surface area is 138 Å². The monoisotopic (exact) mass is 335 g/mol. The fraction of sp³-hybridized carbons (Fsp3) is 0.667. The second-order valence-corrected chi connectivity index (χ2v) is 6.40. The van der Waals surface area contributed by atoms with Crippen LogP contribution >= 0.6 is 0 Å². The third kappa shape index (κ3) is 2.53. The van der Waals surface area contributed by atoms with Crippen molar-refractivity contribution in [1.29, 1.82) is 0 Å². The number of hydrogen-bond acceptors (Lipinski definition) is 8. The standard InChI is InChI=1S/C15H21N5O4/c21-5-9-11(22)12(23)15(24-9)20-7-18-10-13(16-6-17-14(10)20)19-8-3-1-2-4-8/h6-9,11-12,15,21-23H,1-5H2,(H,16,17,19)/t9-,11-,12-,15?/m1/s1. The predicted molar refractivity (Wildman–Crippen MR) is 84.2 cm³/mol. The van der Waals surface area contributed by atoms with Gasteiger partial charge in [0.1, 0.15) is 24.6 Å². The fourth-order valence-corrected chi connectivity index (χ4v) is 3.52. The van der Waals surface area contributed by atoms with Crippen molar-refractivity contribution in [2.24, 2.45) is 0 Å². The summed E-state index contributed by atoms with van der Waals surface area (Å²) in [5.41, 5.74) is 1.11. The number of nitrogens with zero attached hydrogens (tertiary/aromatic N) is 4. The topological polar surface area (TPSA) is 126 Å². The van der Waals surface area contributed by atoms with E-state index in [1.807, 2.05) is 0 Å². The number of ether oxygens (including phenoxy) is 1. The van der Waals surface area contributed by atoms with Gasteiger partial charge in [-0.3, -0.25) is 4.57 Å². The average molecular weight is 335 g/mol. The number of anilines is 1. The molecule has 1 aliphatic carbocycles. The molecule has 1 saturated carbocycles. The van der Waals surface area contributed by atoms with E-state index in [0.29, 0.717) is 23.0 Å². The maximum atomic E-state index is 10.2. The molecular formula is C15H21N5O4. The van der Waals surface area contributed by atoms with Crippen LogP contribution < -0.4 is 5.32 Å². The molecular weight excluding hydrogens is 314 g/mol. The average Bonchev–Trinajstić information content (AvgIpc) is 3.30. The van der Waals surface area contributed by atoms with Gasteiger partial charge in [0, 0.05) is 6.04 Å². The summed E-state index contributed by atoms with van der Waals surface area (Å²) in [6.07, 6.45) is 3.60. The summed E-state index contributed by atoms with van der Waals surface area (Å²) < 4.78 is 7.12. The number of fused-ring (bicyclic) bond motifs is 1. The van der Waals surface area contributed by atoms with Crippen molar-refractivity contribution in [1.82, 2.24) is 19.5 Å². The second-order valence-electron chi connectivity index (χ2n) is 6.40. The minimum Gasteiger partial charge on any atom is -0.394 e. The molecule has 1 aliphatic heterocycles. The smallest absolute Gasteiger partial charge is 0.167 e. The summed E-state index contributed by atoms with van der Waals surface area (Å²) in [7, 11) is 0. The van der Waals surface area contributed by atoms with Crippen molar-refractivity contribution in [3.63, 3.8) is 0 Å². The normalized spacial score (nSPS) is 31.1. The SMILES string of the molecule is OC[C@H]1OC(n2cnc3c(NC4CCCC4)ncnc32)[C@H](O)[C@@H]1O.